The predicted octanol–water partition coefficient (Wildman–Crippen LogP) is 7.17. The monoisotopic (exact) mass is 590 g/mol. The Morgan fingerprint density at radius 3 is 2.23 bits per heavy atom. The van der Waals surface area contributed by atoms with Crippen LogP contribution in [0, 0.1) is 6.92 Å². The number of urea groups is 1. The molecule has 2 amide bonds. The Kier molecular flexibility index (Phi) is 9.05. The average Bonchev–Trinajstić information content (AvgIpc) is 3.36. The quantitative estimate of drug-likeness (QED) is 0.228. The number of likely N-dealkylation sites (tertiary alicyclic amines) is 1. The zero-order chi connectivity index (χ0) is 30.6. The summed E-state index contributed by atoms with van der Waals surface area (Å²) in [6.45, 7) is 4.65. The van der Waals surface area contributed by atoms with Crippen molar-refractivity contribution in [2.45, 2.75) is 45.1 Å². The van der Waals surface area contributed by atoms with Crippen molar-refractivity contribution in [2.75, 3.05) is 37.4 Å². The van der Waals surface area contributed by atoms with Crippen LogP contribution in [0.3, 0.4) is 0 Å². The van der Waals surface area contributed by atoms with Gasteiger partial charge >= 0.3 is 12.2 Å². The third-order valence-corrected chi connectivity index (χ3v) is 7.93. The zero-order valence-electron chi connectivity index (χ0n) is 24.7. The van der Waals surface area contributed by atoms with Crippen molar-refractivity contribution in [1.82, 2.24) is 19.8 Å². The largest absolute Gasteiger partial charge is 0.416 e. The molecule has 43 heavy (non-hydrogen) atoms. The molecule has 1 aliphatic rings. The molecule has 3 aromatic carbocycles. The molecule has 0 spiro atoms. The van der Waals surface area contributed by atoms with Crippen LogP contribution in [-0.2, 0) is 19.3 Å². The summed E-state index contributed by atoms with van der Waals surface area (Å²) in [5, 5.41) is 3.07. The summed E-state index contributed by atoms with van der Waals surface area (Å²) in [7, 11) is 4.00. The topological polar surface area (TPSA) is 67.5 Å². The number of aromatic amines is 1. The molecule has 226 valence electrons. The molecule has 0 aliphatic carbocycles. The van der Waals surface area contributed by atoms with Gasteiger partial charge in [-0.3, -0.25) is 4.90 Å². The fourth-order valence-corrected chi connectivity index (χ4v) is 5.38. The first-order chi connectivity index (χ1) is 20.6. The van der Waals surface area contributed by atoms with E-state index in [1.807, 2.05) is 61.2 Å². The van der Waals surface area contributed by atoms with Gasteiger partial charge in [-0.1, -0.05) is 42.5 Å². The molecule has 0 unspecified atom stereocenters. The number of benzene rings is 3. The lowest BCUT2D eigenvalue weighted by atomic mass is 10.0. The lowest BCUT2D eigenvalue weighted by molar-refractivity contribution is -0.137. The van der Waals surface area contributed by atoms with Gasteiger partial charge in [-0.15, -0.1) is 0 Å². The fourth-order valence-electron chi connectivity index (χ4n) is 5.38. The van der Waals surface area contributed by atoms with Gasteiger partial charge < -0.3 is 20.1 Å². The smallest absolute Gasteiger partial charge is 0.378 e. The number of imidazole rings is 1. The lowest BCUT2D eigenvalue weighted by Gasteiger charge is -2.38. The van der Waals surface area contributed by atoms with Crippen LogP contribution in [0.15, 0.2) is 78.9 Å². The Morgan fingerprint density at radius 2 is 1.63 bits per heavy atom. The molecule has 7 nitrogen and oxygen atoms in total. The molecule has 1 aliphatic heterocycles. The molecule has 0 bridgehead atoms. The highest BCUT2D eigenvalue weighted by Crippen LogP contribution is 2.31. The van der Waals surface area contributed by atoms with Gasteiger partial charge in [0.2, 0.25) is 0 Å². The van der Waals surface area contributed by atoms with Crippen molar-refractivity contribution in [3.8, 4) is 11.4 Å². The van der Waals surface area contributed by atoms with E-state index in [-0.39, 0.29) is 12.1 Å². The normalized spacial score (nSPS) is 14.5. The van der Waals surface area contributed by atoms with E-state index in [1.54, 1.807) is 0 Å². The molecule has 0 saturated carbocycles. The Hall–Kier alpha value is -4.31. The molecule has 0 radical (unpaired) electrons. The minimum absolute atomic E-state index is 0.0662. The average molecular weight is 591 g/mol. The predicted molar refractivity (Wildman–Crippen MR) is 164 cm³/mol. The van der Waals surface area contributed by atoms with E-state index in [9.17, 15) is 18.0 Å². The third-order valence-electron chi connectivity index (χ3n) is 7.93. The summed E-state index contributed by atoms with van der Waals surface area (Å²) in [6.07, 6.45) is -2.75. The molecule has 5 rings (SSSR count). The fraction of sp³-hybridized carbons (Fsp3) is 0.333. The summed E-state index contributed by atoms with van der Waals surface area (Å²) < 4.78 is 38.9. The number of carbonyl (C=O) groups is 1. The van der Waals surface area contributed by atoms with Crippen LogP contribution >= 0.6 is 0 Å². The van der Waals surface area contributed by atoms with E-state index in [1.165, 1.54) is 12.1 Å². The van der Waals surface area contributed by atoms with Gasteiger partial charge in [0.1, 0.15) is 5.82 Å². The van der Waals surface area contributed by atoms with Crippen LogP contribution < -0.4 is 10.2 Å². The number of halogens is 3. The van der Waals surface area contributed by atoms with Gasteiger partial charge in [0.25, 0.3) is 0 Å². The number of hydrogen-bond acceptors (Lipinski definition) is 4. The number of aromatic nitrogens is 2. The van der Waals surface area contributed by atoms with E-state index in [0.29, 0.717) is 24.5 Å². The van der Waals surface area contributed by atoms with Gasteiger partial charge in [-0.25, -0.2) is 9.78 Å². The Morgan fingerprint density at radius 1 is 0.977 bits per heavy atom. The molecule has 4 aromatic rings. The van der Waals surface area contributed by atoms with Crippen LogP contribution in [0.1, 0.15) is 35.4 Å². The molecule has 1 saturated heterocycles. The number of piperidine rings is 1. The maximum absolute atomic E-state index is 13.5. The maximum atomic E-state index is 13.5. The summed E-state index contributed by atoms with van der Waals surface area (Å²) in [5.41, 5.74) is 4.62. The van der Waals surface area contributed by atoms with E-state index in [2.05, 4.69) is 39.5 Å². The van der Waals surface area contributed by atoms with Gasteiger partial charge in [0.15, 0.2) is 0 Å². The molecule has 2 heterocycles. The van der Waals surface area contributed by atoms with Crippen molar-refractivity contribution < 1.29 is 18.0 Å². The SMILES string of the molecule is Cc1[nH]c(-c2ccc(C(F)(F)F)cc2)nc1CN1CCC(N(Cc2ccc(N(C)C)cc2)C(=O)Nc2ccccc2)CC1. The molecule has 10 heteroatoms. The first-order valence-corrected chi connectivity index (χ1v) is 14.4. The number of carbonyl (C=O) groups excluding carboxylic acids is 1. The number of nitrogens with one attached hydrogen (secondary N) is 2. The van der Waals surface area contributed by atoms with Gasteiger partial charge in [-0.2, -0.15) is 13.2 Å². The summed E-state index contributed by atoms with van der Waals surface area (Å²) in [4.78, 5) is 27.8. The molecular weight excluding hydrogens is 553 g/mol. The molecule has 0 atom stereocenters. The van der Waals surface area contributed by atoms with E-state index in [0.717, 1.165) is 66.4 Å². The second-order valence-corrected chi connectivity index (χ2v) is 11.2. The second kappa shape index (κ2) is 12.9. The van der Waals surface area contributed by atoms with Gasteiger partial charge in [-0.05, 0) is 61.7 Å². The van der Waals surface area contributed by atoms with Gasteiger partial charge in [0, 0.05) is 68.9 Å². The number of alkyl halides is 3. The van der Waals surface area contributed by atoms with Crippen LogP contribution in [0.2, 0.25) is 0 Å². The minimum Gasteiger partial charge on any atom is -0.378 e. The summed E-state index contributed by atoms with van der Waals surface area (Å²) >= 11 is 0. The van der Waals surface area contributed by atoms with Crippen LogP contribution in [-0.4, -0.2) is 59.0 Å². The van der Waals surface area contributed by atoms with Crippen LogP contribution in [0.4, 0.5) is 29.3 Å². The van der Waals surface area contributed by atoms with Crippen molar-refractivity contribution in [3.05, 3.63) is 101 Å². The van der Waals surface area contributed by atoms with Crippen LogP contribution in [0.25, 0.3) is 11.4 Å². The Bertz CT molecular complexity index is 1490. The lowest BCUT2D eigenvalue weighted by Crippen LogP contribution is -2.48. The second-order valence-electron chi connectivity index (χ2n) is 11.2. The van der Waals surface area contributed by atoms with Gasteiger partial charge in [0.05, 0.1) is 11.3 Å². The number of nitrogens with zero attached hydrogens (tertiary/aromatic N) is 4. The summed E-state index contributed by atoms with van der Waals surface area (Å²) in [5.74, 6) is 0.556. The number of amides is 2. The first kappa shape index (κ1) is 30.2. The Balaban J connectivity index is 1.24. The van der Waals surface area contributed by atoms with Crippen molar-refractivity contribution in [1.29, 1.82) is 0 Å². The zero-order valence-corrected chi connectivity index (χ0v) is 24.7. The standard InChI is InChI=1S/C33H37F3N6O/c1-23-30(39-31(37-23)25-11-13-26(14-12-25)33(34,35)36)22-41-19-17-29(18-20-41)42(32(43)38-27-7-5-4-6-8-27)21-24-9-15-28(16-10-24)40(2)3/h4-16,29H,17-22H2,1-3H3,(H,37,39)(H,38,43). The summed E-state index contributed by atoms with van der Waals surface area (Å²) in [6, 6.07) is 22.8. The number of rotatable bonds is 8. The number of aryl methyl sites for hydroxylation is 1. The first-order valence-electron chi connectivity index (χ1n) is 14.4. The number of hydrogen-bond donors (Lipinski definition) is 2. The highest BCUT2D eigenvalue weighted by molar-refractivity contribution is 5.89. The molecule has 1 aromatic heterocycles. The van der Waals surface area contributed by atoms with E-state index in [4.69, 9.17) is 4.98 Å². The Labute approximate surface area is 250 Å². The molecular formula is C33H37F3N6O. The number of anilines is 2. The molecule has 2 N–H and O–H groups in total. The molecule has 1 fully saturated rings. The van der Waals surface area contributed by atoms with Crippen LogP contribution in [0.5, 0.6) is 0 Å². The third kappa shape index (κ3) is 7.56. The van der Waals surface area contributed by atoms with E-state index >= 15 is 0 Å². The van der Waals surface area contributed by atoms with Crippen molar-refractivity contribution >= 4 is 17.4 Å². The maximum Gasteiger partial charge on any atom is 0.416 e. The highest BCUT2D eigenvalue weighted by Gasteiger charge is 2.31. The van der Waals surface area contributed by atoms with Crippen molar-refractivity contribution in [2.24, 2.45) is 0 Å². The highest BCUT2D eigenvalue weighted by atomic mass is 19.4. The number of para-hydroxylation sites is 1. The van der Waals surface area contributed by atoms with Crippen molar-refractivity contribution in [3.63, 3.8) is 0 Å². The number of H-pyrrole nitrogens is 1. The minimum atomic E-state index is -4.37. The van der Waals surface area contributed by atoms with E-state index < -0.39 is 11.7 Å².